The molecule has 0 bridgehead atoms. The van der Waals surface area contributed by atoms with Gasteiger partial charge in [-0.15, -0.1) is 11.5 Å². The Hall–Kier alpha value is -3.78. The molecule has 0 saturated heterocycles. The number of esters is 1. The summed E-state index contributed by atoms with van der Waals surface area (Å²) in [4.78, 5) is 27.1. The number of ether oxygens (including phenoxy) is 1. The number of hydrogen-bond acceptors (Lipinski definition) is 5. The lowest BCUT2D eigenvalue weighted by Gasteiger charge is -2.35. The van der Waals surface area contributed by atoms with Crippen LogP contribution in [0.3, 0.4) is 0 Å². The summed E-state index contributed by atoms with van der Waals surface area (Å²) in [5.41, 5.74) is -0.130. The Bertz CT molecular complexity index is 1430. The summed E-state index contributed by atoms with van der Waals surface area (Å²) < 4.78 is 46.8. The number of carbonyl (C=O) groups excluding carboxylic acids is 1. The number of carbonyl (C=O) groups is 1. The molecule has 0 aliphatic carbocycles. The van der Waals surface area contributed by atoms with E-state index in [9.17, 15) is 22.8 Å². The first kappa shape index (κ1) is 23.4. The molecule has 1 aliphatic rings. The van der Waals surface area contributed by atoms with E-state index in [4.69, 9.17) is 11.2 Å². The average Bonchev–Trinajstić information content (AvgIpc) is 3.18. The number of nitrogens with zero attached hydrogens (tertiary/aromatic N) is 3. The molecular weight excluding hydrogens is 517 g/mol. The molecule has 11 heteroatoms. The van der Waals surface area contributed by atoms with Crippen LogP contribution in [-0.4, -0.2) is 27.8 Å². The molecule has 1 aliphatic heterocycles. The third-order valence-corrected chi connectivity index (χ3v) is 6.13. The molecule has 1 atom stereocenters. The summed E-state index contributed by atoms with van der Waals surface area (Å²) in [6, 6.07) is 8.48. The minimum Gasteiger partial charge on any atom is -0.466 e. The van der Waals surface area contributed by atoms with E-state index in [1.54, 1.807) is 25.1 Å². The van der Waals surface area contributed by atoms with Crippen LogP contribution in [0.4, 0.5) is 24.8 Å². The van der Waals surface area contributed by atoms with E-state index in [1.807, 2.05) is 0 Å². The molecule has 0 radical (unpaired) electrons. The molecule has 2 heterocycles. The van der Waals surface area contributed by atoms with Gasteiger partial charge in [0.15, 0.2) is 0 Å². The fraction of sp³-hybridized carbons (Fsp3) is 0.174. The molecular formula is C23H16BrF3N4O3. The van der Waals surface area contributed by atoms with Gasteiger partial charge in [0.25, 0.3) is 0 Å². The molecule has 3 aromatic rings. The number of hydrogen-bond donors (Lipinski definition) is 1. The molecule has 174 valence electrons. The van der Waals surface area contributed by atoms with Crippen molar-refractivity contribution in [2.24, 2.45) is 0 Å². The predicted molar refractivity (Wildman–Crippen MR) is 121 cm³/mol. The van der Waals surface area contributed by atoms with Crippen molar-refractivity contribution in [1.82, 2.24) is 14.8 Å². The average molecular weight is 533 g/mol. The Morgan fingerprint density at radius 1 is 1.26 bits per heavy atom. The van der Waals surface area contributed by atoms with Crippen LogP contribution in [0.2, 0.25) is 0 Å². The van der Waals surface area contributed by atoms with E-state index in [1.165, 1.54) is 28.7 Å². The van der Waals surface area contributed by atoms with Gasteiger partial charge in [-0.05, 0) is 42.8 Å². The quantitative estimate of drug-likeness (QED) is 0.396. The van der Waals surface area contributed by atoms with Crippen molar-refractivity contribution < 1.29 is 22.7 Å². The highest BCUT2D eigenvalue weighted by molar-refractivity contribution is 9.10. The molecule has 0 saturated carbocycles. The Morgan fingerprint density at radius 2 is 2.00 bits per heavy atom. The number of terminal acetylenes is 1. The summed E-state index contributed by atoms with van der Waals surface area (Å²) in [6.45, 7) is 1.55. The van der Waals surface area contributed by atoms with Gasteiger partial charge in [0.05, 0.1) is 18.2 Å². The monoisotopic (exact) mass is 532 g/mol. The highest BCUT2D eigenvalue weighted by atomic mass is 79.9. The minimum atomic E-state index is -4.59. The predicted octanol–water partition coefficient (Wildman–Crippen LogP) is 4.52. The second kappa shape index (κ2) is 8.53. The summed E-state index contributed by atoms with van der Waals surface area (Å²) in [5.74, 6) is 1.75. The Kier molecular flexibility index (Phi) is 5.87. The van der Waals surface area contributed by atoms with Crippen molar-refractivity contribution in [2.75, 3.05) is 12.0 Å². The Labute approximate surface area is 200 Å². The number of fused-ring (bicyclic) bond motifs is 1. The largest absolute Gasteiger partial charge is 0.466 e. The van der Waals surface area contributed by atoms with Crippen LogP contribution in [0.5, 0.6) is 0 Å². The first-order chi connectivity index (χ1) is 16.1. The number of alkyl halides is 3. The molecule has 34 heavy (non-hydrogen) atoms. The van der Waals surface area contributed by atoms with E-state index < -0.39 is 29.4 Å². The van der Waals surface area contributed by atoms with Gasteiger partial charge in [-0.25, -0.2) is 19.3 Å². The van der Waals surface area contributed by atoms with Crippen LogP contribution in [0.25, 0.3) is 0 Å². The summed E-state index contributed by atoms with van der Waals surface area (Å²) in [7, 11) is 1.18. The molecule has 0 amide bonds. The Balaban J connectivity index is 2.02. The number of benzene rings is 2. The van der Waals surface area contributed by atoms with E-state index in [0.717, 1.165) is 12.1 Å². The van der Waals surface area contributed by atoms with E-state index >= 15 is 0 Å². The van der Waals surface area contributed by atoms with Crippen molar-refractivity contribution in [3.8, 4) is 12.3 Å². The molecule has 2 aromatic carbocycles. The van der Waals surface area contributed by atoms with Gasteiger partial charge in [0.1, 0.15) is 6.04 Å². The number of rotatable bonds is 3. The fourth-order valence-corrected chi connectivity index (χ4v) is 4.51. The maximum absolute atomic E-state index is 13.4. The maximum atomic E-state index is 13.4. The second-order valence-electron chi connectivity index (χ2n) is 7.36. The van der Waals surface area contributed by atoms with Crippen molar-refractivity contribution in [3.63, 3.8) is 0 Å². The lowest BCUT2D eigenvalue weighted by molar-refractivity contribution is -0.138. The first-order valence-electron chi connectivity index (χ1n) is 9.78. The summed E-state index contributed by atoms with van der Waals surface area (Å²) in [6.07, 6.45) is 0.873. The number of nitrogens with one attached hydrogen (secondary N) is 1. The topological polar surface area (TPSA) is 80.2 Å². The number of aromatic nitrogens is 3. The van der Waals surface area contributed by atoms with Crippen LogP contribution < -0.4 is 10.6 Å². The van der Waals surface area contributed by atoms with Crippen LogP contribution >= 0.6 is 15.9 Å². The zero-order chi connectivity index (χ0) is 24.8. The number of halogens is 4. The van der Waals surface area contributed by atoms with E-state index in [-0.39, 0.29) is 22.9 Å². The molecule has 1 aromatic heterocycles. The van der Waals surface area contributed by atoms with Gasteiger partial charge in [-0.3, -0.25) is 4.90 Å². The van der Waals surface area contributed by atoms with E-state index in [0.29, 0.717) is 15.6 Å². The minimum absolute atomic E-state index is 0.00686. The van der Waals surface area contributed by atoms with Gasteiger partial charge >= 0.3 is 17.8 Å². The molecule has 4 rings (SSSR count). The van der Waals surface area contributed by atoms with Gasteiger partial charge < -0.3 is 4.74 Å². The number of anilines is 2. The van der Waals surface area contributed by atoms with Gasteiger partial charge in [0.2, 0.25) is 5.95 Å². The Morgan fingerprint density at radius 3 is 2.62 bits per heavy atom. The van der Waals surface area contributed by atoms with Crippen molar-refractivity contribution in [1.29, 1.82) is 0 Å². The lowest BCUT2D eigenvalue weighted by atomic mass is 9.93. The van der Waals surface area contributed by atoms with Crippen molar-refractivity contribution >= 4 is 33.5 Å². The zero-order valence-corrected chi connectivity index (χ0v) is 19.4. The molecule has 0 fully saturated rings. The lowest BCUT2D eigenvalue weighted by Crippen LogP contribution is -2.37. The second-order valence-corrected chi connectivity index (χ2v) is 8.21. The standard InChI is InChI=1S/C23H16BrF3N4O3/c1-4-13-8-9-16(17(24)10-13)19-18(20(32)34-3)12(2)30(21-28-29-22(33)31(19)21)15-7-5-6-14(11-15)23(25,26)27/h1,5-11,19H,2-3H3,(H,29,33). The third-order valence-electron chi connectivity index (χ3n) is 5.44. The van der Waals surface area contributed by atoms with Crippen molar-refractivity contribution in [3.05, 3.63) is 85.4 Å². The SMILES string of the molecule is C#Cc1ccc(C2C(C(=O)OC)=C(C)N(c3cccc(C(F)(F)F)c3)c3n[nH]c(=O)n32)c(Br)c1. The number of aromatic amines is 1. The third kappa shape index (κ3) is 3.80. The normalized spacial score (nSPS) is 15.7. The molecule has 1 unspecified atom stereocenters. The molecule has 0 spiro atoms. The van der Waals surface area contributed by atoms with Gasteiger partial charge in [-0.1, -0.05) is 34.0 Å². The van der Waals surface area contributed by atoms with Crippen molar-refractivity contribution in [2.45, 2.75) is 19.1 Å². The van der Waals surface area contributed by atoms with Gasteiger partial charge in [0, 0.05) is 21.4 Å². The summed E-state index contributed by atoms with van der Waals surface area (Å²) in [5, 5.41) is 6.38. The highest BCUT2D eigenvalue weighted by Crippen LogP contribution is 2.44. The van der Waals surface area contributed by atoms with Crippen LogP contribution in [0.1, 0.15) is 29.7 Å². The van der Waals surface area contributed by atoms with Crippen LogP contribution in [-0.2, 0) is 15.7 Å². The smallest absolute Gasteiger partial charge is 0.416 e. The molecule has 7 nitrogen and oxygen atoms in total. The number of H-pyrrole nitrogens is 1. The van der Waals surface area contributed by atoms with Gasteiger partial charge in [-0.2, -0.15) is 13.2 Å². The zero-order valence-electron chi connectivity index (χ0n) is 17.8. The molecule has 1 N–H and O–H groups in total. The number of allylic oxidation sites excluding steroid dienone is 1. The first-order valence-corrected chi connectivity index (χ1v) is 10.6. The summed E-state index contributed by atoms with van der Waals surface area (Å²) >= 11 is 3.44. The van der Waals surface area contributed by atoms with Crippen LogP contribution in [0, 0.1) is 12.3 Å². The van der Waals surface area contributed by atoms with E-state index in [2.05, 4.69) is 32.0 Å². The highest BCUT2D eigenvalue weighted by Gasteiger charge is 2.40. The fourth-order valence-electron chi connectivity index (χ4n) is 3.92. The van der Waals surface area contributed by atoms with Crippen LogP contribution in [0.15, 0.2) is 63.0 Å². The maximum Gasteiger partial charge on any atom is 0.416 e. The number of methoxy groups -OCH3 is 1.